The van der Waals surface area contributed by atoms with Crippen LogP contribution in [0.2, 0.25) is 0 Å². The number of hydrogen-bond donors (Lipinski definition) is 1. The highest BCUT2D eigenvalue weighted by Crippen LogP contribution is 2.43. The first-order valence-electron chi connectivity index (χ1n) is 11.1. The van der Waals surface area contributed by atoms with Crippen LogP contribution in [-0.4, -0.2) is 35.5 Å². The molecule has 0 aliphatic carbocycles. The van der Waals surface area contributed by atoms with E-state index in [-0.39, 0.29) is 30.7 Å². The smallest absolute Gasteiger partial charge is 0.226 e. The number of benzene rings is 2. The van der Waals surface area contributed by atoms with E-state index < -0.39 is 0 Å². The molecular weight excluding hydrogens is 449 g/mol. The van der Waals surface area contributed by atoms with E-state index >= 15 is 0 Å². The number of carbonyl (C=O) groups excluding carboxylic acids is 1. The fraction of sp³-hybridized carbons (Fsp3) is 0.160. The van der Waals surface area contributed by atoms with Gasteiger partial charge in [-0.15, -0.1) is 15.3 Å². The Morgan fingerprint density at radius 3 is 2.80 bits per heavy atom. The zero-order chi connectivity index (χ0) is 23.9. The van der Waals surface area contributed by atoms with Crippen LogP contribution in [0, 0.1) is 12.7 Å². The van der Waals surface area contributed by atoms with E-state index in [1.807, 2.05) is 31.2 Å². The molecule has 0 saturated heterocycles. The molecule has 0 fully saturated rings. The zero-order valence-electron chi connectivity index (χ0n) is 18.7. The summed E-state index contributed by atoms with van der Waals surface area (Å²) in [4.78, 5) is 12.8. The van der Waals surface area contributed by atoms with Gasteiger partial charge in [0.25, 0.3) is 0 Å². The summed E-state index contributed by atoms with van der Waals surface area (Å²) in [5.41, 5.74) is 3.56. The van der Waals surface area contributed by atoms with Crippen molar-refractivity contribution in [3.8, 4) is 11.6 Å². The summed E-state index contributed by atoms with van der Waals surface area (Å²) in [6.07, 6.45) is 1.74. The zero-order valence-corrected chi connectivity index (χ0v) is 18.7. The summed E-state index contributed by atoms with van der Waals surface area (Å²) in [6.45, 7) is 1.98. The van der Waals surface area contributed by atoms with Crippen LogP contribution in [0.25, 0.3) is 11.5 Å². The summed E-state index contributed by atoms with van der Waals surface area (Å²) in [5.74, 6) is 0.928. The first-order chi connectivity index (χ1) is 17.1. The Bertz CT molecular complexity index is 1580. The Kier molecular flexibility index (Phi) is 4.98. The van der Waals surface area contributed by atoms with Gasteiger partial charge in [-0.05, 0) is 31.2 Å². The predicted octanol–water partition coefficient (Wildman–Crippen LogP) is 3.81. The van der Waals surface area contributed by atoms with Crippen LogP contribution in [0.5, 0.6) is 5.75 Å². The molecule has 1 unspecified atom stereocenters. The lowest BCUT2D eigenvalue weighted by atomic mass is 9.85. The van der Waals surface area contributed by atoms with Crippen LogP contribution < -0.4 is 10.1 Å². The van der Waals surface area contributed by atoms with Crippen LogP contribution >= 0.6 is 0 Å². The molecule has 1 aliphatic rings. The molecule has 10 heteroatoms. The standard InChI is InChI=1S/C25H20FN7O2/c1-15-24-18(17-7-3-5-9-20(17)35-13-16-6-2-4-8-19(16)26)12-23(34)28-25(24)33(30-15)22-11-10-21-29-27-14-32(21)31-22/h2-11,14,18H,12-13H2,1H3,(H,28,34). The number of para-hydroxylation sites is 1. The first-order valence-corrected chi connectivity index (χ1v) is 11.1. The van der Waals surface area contributed by atoms with Crippen molar-refractivity contribution in [2.24, 2.45) is 0 Å². The number of amides is 1. The summed E-state index contributed by atoms with van der Waals surface area (Å²) in [5, 5.41) is 20.0. The maximum absolute atomic E-state index is 14.1. The van der Waals surface area contributed by atoms with Crippen molar-refractivity contribution in [2.45, 2.75) is 25.9 Å². The molecule has 1 atom stereocenters. The minimum absolute atomic E-state index is 0.0799. The van der Waals surface area contributed by atoms with Crippen molar-refractivity contribution in [1.82, 2.24) is 29.6 Å². The largest absolute Gasteiger partial charge is 0.488 e. The lowest BCUT2D eigenvalue weighted by molar-refractivity contribution is -0.116. The van der Waals surface area contributed by atoms with Crippen molar-refractivity contribution in [3.63, 3.8) is 0 Å². The second kappa shape index (κ2) is 8.32. The van der Waals surface area contributed by atoms with E-state index in [9.17, 15) is 9.18 Å². The van der Waals surface area contributed by atoms with Crippen LogP contribution in [0.15, 0.2) is 67.0 Å². The number of carbonyl (C=O) groups is 1. The van der Waals surface area contributed by atoms with Gasteiger partial charge < -0.3 is 10.1 Å². The lowest BCUT2D eigenvalue weighted by Crippen LogP contribution is -2.25. The van der Waals surface area contributed by atoms with E-state index in [2.05, 4.69) is 20.6 Å². The third kappa shape index (κ3) is 3.68. The van der Waals surface area contributed by atoms with Crippen molar-refractivity contribution in [2.75, 3.05) is 5.32 Å². The molecule has 0 saturated carbocycles. The Balaban J connectivity index is 1.40. The van der Waals surface area contributed by atoms with Gasteiger partial charge in [0.2, 0.25) is 5.91 Å². The second-order valence-corrected chi connectivity index (χ2v) is 8.31. The average molecular weight is 469 g/mol. The molecule has 9 nitrogen and oxygen atoms in total. The number of rotatable bonds is 5. The number of fused-ring (bicyclic) bond motifs is 2. The third-order valence-electron chi connectivity index (χ3n) is 6.10. The molecule has 1 N–H and O–H groups in total. The maximum Gasteiger partial charge on any atom is 0.226 e. The Hall–Kier alpha value is -4.60. The van der Waals surface area contributed by atoms with Gasteiger partial charge in [0.1, 0.15) is 30.3 Å². The molecule has 5 aromatic rings. The molecule has 4 heterocycles. The summed E-state index contributed by atoms with van der Waals surface area (Å²) in [7, 11) is 0. The third-order valence-corrected chi connectivity index (χ3v) is 6.10. The highest BCUT2D eigenvalue weighted by molar-refractivity contribution is 5.95. The highest BCUT2D eigenvalue weighted by atomic mass is 19.1. The minimum atomic E-state index is -0.320. The van der Waals surface area contributed by atoms with Crippen LogP contribution in [0.3, 0.4) is 0 Å². The quantitative estimate of drug-likeness (QED) is 0.420. The highest BCUT2D eigenvalue weighted by Gasteiger charge is 2.34. The fourth-order valence-electron chi connectivity index (χ4n) is 4.48. The molecular formula is C25H20FN7O2. The van der Waals surface area contributed by atoms with E-state index in [1.54, 1.807) is 39.5 Å². The summed E-state index contributed by atoms with van der Waals surface area (Å²) >= 11 is 0. The molecule has 35 heavy (non-hydrogen) atoms. The SMILES string of the molecule is Cc1nn(-c2ccc3nncn3n2)c2c1C(c1ccccc1OCc1ccccc1F)CC(=O)N2. The normalized spacial score (nSPS) is 15.1. The topological polar surface area (TPSA) is 99.2 Å². The van der Waals surface area contributed by atoms with E-state index in [4.69, 9.17) is 9.84 Å². The maximum atomic E-state index is 14.1. The van der Waals surface area contributed by atoms with Gasteiger partial charge in [-0.3, -0.25) is 4.79 Å². The van der Waals surface area contributed by atoms with Gasteiger partial charge in [-0.25, -0.2) is 4.39 Å². The number of nitrogens with one attached hydrogen (secondary N) is 1. The Morgan fingerprint density at radius 2 is 1.91 bits per heavy atom. The fourth-order valence-corrected chi connectivity index (χ4v) is 4.48. The summed E-state index contributed by atoms with van der Waals surface area (Å²) in [6, 6.07) is 17.6. The molecule has 0 radical (unpaired) electrons. The number of halogens is 1. The molecule has 2 aromatic carbocycles. The second-order valence-electron chi connectivity index (χ2n) is 8.31. The first kappa shape index (κ1) is 21.0. The number of aryl methyl sites for hydroxylation is 1. The Labute approximate surface area is 199 Å². The number of nitrogens with zero attached hydrogens (tertiary/aromatic N) is 6. The minimum Gasteiger partial charge on any atom is -0.488 e. The average Bonchev–Trinajstić information content (AvgIpc) is 3.47. The number of ether oxygens (including phenoxy) is 1. The number of hydrogen-bond acceptors (Lipinski definition) is 6. The molecule has 3 aromatic heterocycles. The van der Waals surface area contributed by atoms with E-state index in [0.29, 0.717) is 28.6 Å². The van der Waals surface area contributed by atoms with Gasteiger partial charge in [0.15, 0.2) is 11.5 Å². The summed E-state index contributed by atoms with van der Waals surface area (Å²) < 4.78 is 23.4. The van der Waals surface area contributed by atoms with Crippen molar-refractivity contribution in [3.05, 3.63) is 95.2 Å². The number of aromatic nitrogens is 6. The van der Waals surface area contributed by atoms with Gasteiger partial charge >= 0.3 is 0 Å². The van der Waals surface area contributed by atoms with Crippen molar-refractivity contribution in [1.29, 1.82) is 0 Å². The van der Waals surface area contributed by atoms with Crippen LogP contribution in [-0.2, 0) is 11.4 Å². The number of anilines is 1. The van der Waals surface area contributed by atoms with Crippen LogP contribution in [0.1, 0.15) is 34.7 Å². The monoisotopic (exact) mass is 469 g/mol. The molecule has 1 aliphatic heterocycles. The predicted molar refractivity (Wildman–Crippen MR) is 125 cm³/mol. The Morgan fingerprint density at radius 1 is 1.09 bits per heavy atom. The van der Waals surface area contributed by atoms with Gasteiger partial charge in [-0.1, -0.05) is 36.4 Å². The molecule has 174 valence electrons. The molecule has 0 bridgehead atoms. The molecule has 1 amide bonds. The van der Waals surface area contributed by atoms with E-state index in [0.717, 1.165) is 16.8 Å². The van der Waals surface area contributed by atoms with E-state index in [1.165, 1.54) is 12.4 Å². The molecule has 0 spiro atoms. The van der Waals surface area contributed by atoms with Crippen molar-refractivity contribution >= 4 is 17.4 Å². The lowest BCUT2D eigenvalue weighted by Gasteiger charge is -2.26. The van der Waals surface area contributed by atoms with Crippen molar-refractivity contribution < 1.29 is 13.9 Å². The van der Waals surface area contributed by atoms with Gasteiger partial charge in [0, 0.05) is 29.0 Å². The van der Waals surface area contributed by atoms with Gasteiger partial charge in [0.05, 0.1) is 5.69 Å². The molecule has 6 rings (SSSR count). The van der Waals surface area contributed by atoms with Crippen LogP contribution in [0.4, 0.5) is 10.2 Å². The van der Waals surface area contributed by atoms with Gasteiger partial charge in [-0.2, -0.15) is 14.3 Å².